The number of anilines is 3. The van der Waals surface area contributed by atoms with Crippen LogP contribution in [0.2, 0.25) is 5.02 Å². The van der Waals surface area contributed by atoms with Gasteiger partial charge in [-0.2, -0.15) is 5.26 Å². The number of nitrogens with zero attached hydrogens (tertiary/aromatic N) is 2. The van der Waals surface area contributed by atoms with E-state index in [1.807, 2.05) is 36.4 Å². The van der Waals surface area contributed by atoms with E-state index in [2.05, 4.69) is 16.4 Å². The quantitative estimate of drug-likeness (QED) is 0.317. The average Bonchev–Trinajstić information content (AvgIpc) is 3.39. The van der Waals surface area contributed by atoms with Gasteiger partial charge in [-0.25, -0.2) is 0 Å². The van der Waals surface area contributed by atoms with Gasteiger partial charge >= 0.3 is 0 Å². The molecule has 4 aromatic rings. The minimum Gasteiger partial charge on any atom is -0.487 e. The van der Waals surface area contributed by atoms with Gasteiger partial charge in [-0.15, -0.1) is 0 Å². The maximum absolute atomic E-state index is 9.08. The van der Waals surface area contributed by atoms with Crippen molar-refractivity contribution in [2.24, 2.45) is 0 Å². The summed E-state index contributed by atoms with van der Waals surface area (Å²) < 4.78 is 17.6. The molecule has 0 amide bonds. The number of ether oxygens (including phenoxy) is 3. The van der Waals surface area contributed by atoms with Crippen LogP contribution in [-0.2, 0) is 11.3 Å². The normalized spacial score (nSPS) is 15.0. The van der Waals surface area contributed by atoms with Crippen molar-refractivity contribution >= 4 is 39.6 Å². The summed E-state index contributed by atoms with van der Waals surface area (Å²) in [6.45, 7) is 1.48. The van der Waals surface area contributed by atoms with E-state index in [1.165, 1.54) is 0 Å². The summed E-state index contributed by atoms with van der Waals surface area (Å²) in [7, 11) is 0. The Morgan fingerprint density at radius 1 is 1.17 bits per heavy atom. The molecule has 3 aromatic carbocycles. The average molecular weight is 487 g/mol. The highest BCUT2D eigenvalue weighted by Crippen LogP contribution is 2.41. The van der Waals surface area contributed by atoms with Gasteiger partial charge in [0.15, 0.2) is 5.75 Å². The van der Waals surface area contributed by atoms with Crippen molar-refractivity contribution < 1.29 is 14.2 Å². The number of halogens is 1. The molecular weight excluding hydrogens is 464 g/mol. The summed E-state index contributed by atoms with van der Waals surface area (Å²) in [6.07, 6.45) is 2.46. The first kappa shape index (κ1) is 22.8. The van der Waals surface area contributed by atoms with Gasteiger partial charge in [-0.3, -0.25) is 4.98 Å². The molecule has 0 spiro atoms. The van der Waals surface area contributed by atoms with E-state index < -0.39 is 0 Å². The van der Waals surface area contributed by atoms with E-state index >= 15 is 0 Å². The van der Waals surface area contributed by atoms with Gasteiger partial charge in [0.1, 0.15) is 24.1 Å². The lowest BCUT2D eigenvalue weighted by Gasteiger charge is -2.20. The molecule has 176 valence electrons. The third kappa shape index (κ3) is 5.09. The number of benzene rings is 3. The van der Waals surface area contributed by atoms with Crippen LogP contribution in [0, 0.1) is 11.3 Å². The summed E-state index contributed by atoms with van der Waals surface area (Å²) in [5.74, 6) is 1.08. The lowest BCUT2D eigenvalue weighted by molar-refractivity contribution is 0.142. The second-order valence-electron chi connectivity index (χ2n) is 8.22. The molecule has 1 aliphatic rings. The van der Waals surface area contributed by atoms with E-state index in [1.54, 1.807) is 30.5 Å². The van der Waals surface area contributed by atoms with Crippen molar-refractivity contribution in [1.29, 1.82) is 5.26 Å². The molecule has 2 heterocycles. The first-order valence-corrected chi connectivity index (χ1v) is 11.6. The highest BCUT2D eigenvalue weighted by Gasteiger charge is 2.22. The summed E-state index contributed by atoms with van der Waals surface area (Å²) in [4.78, 5) is 4.56. The Balaban J connectivity index is 1.41. The molecule has 3 N–H and O–H groups in total. The van der Waals surface area contributed by atoms with Crippen molar-refractivity contribution in [1.82, 2.24) is 4.98 Å². The van der Waals surface area contributed by atoms with Gasteiger partial charge in [0, 0.05) is 23.7 Å². The van der Waals surface area contributed by atoms with Crippen LogP contribution in [0.5, 0.6) is 11.5 Å². The Bertz CT molecular complexity index is 1410. The molecule has 0 bridgehead atoms. The lowest BCUT2D eigenvalue weighted by Crippen LogP contribution is -2.17. The molecule has 1 saturated heterocycles. The van der Waals surface area contributed by atoms with E-state index in [9.17, 15) is 0 Å². The van der Waals surface area contributed by atoms with Gasteiger partial charge in [0.25, 0.3) is 0 Å². The predicted molar refractivity (Wildman–Crippen MR) is 136 cm³/mol. The van der Waals surface area contributed by atoms with Crippen LogP contribution in [-0.4, -0.2) is 24.3 Å². The summed E-state index contributed by atoms with van der Waals surface area (Å²) in [5.41, 5.74) is 10.5. The number of rotatable bonds is 7. The maximum Gasteiger partial charge on any atom is 0.168 e. The Morgan fingerprint density at radius 2 is 2.09 bits per heavy atom. The van der Waals surface area contributed by atoms with Crippen LogP contribution in [0.1, 0.15) is 17.5 Å². The predicted octanol–water partition coefficient (Wildman–Crippen LogP) is 5.83. The first-order chi connectivity index (χ1) is 17.1. The van der Waals surface area contributed by atoms with Crippen LogP contribution in [0.4, 0.5) is 17.1 Å². The number of aromatic nitrogens is 1. The smallest absolute Gasteiger partial charge is 0.168 e. The fraction of sp³-hybridized carbons (Fsp3) is 0.185. The molecule has 7 nitrogen and oxygen atoms in total. The fourth-order valence-corrected chi connectivity index (χ4v) is 4.21. The molecule has 35 heavy (non-hydrogen) atoms. The zero-order valence-electron chi connectivity index (χ0n) is 18.8. The monoisotopic (exact) mass is 486 g/mol. The van der Waals surface area contributed by atoms with Crippen LogP contribution in [0.15, 0.2) is 66.9 Å². The molecule has 0 radical (unpaired) electrons. The van der Waals surface area contributed by atoms with Crippen molar-refractivity contribution in [2.45, 2.75) is 19.1 Å². The number of nitrogens with two attached hydrogens (primary N) is 1. The van der Waals surface area contributed by atoms with Gasteiger partial charge in [0.2, 0.25) is 0 Å². The Labute approximate surface area is 208 Å². The lowest BCUT2D eigenvalue weighted by atomic mass is 10.1. The minimum atomic E-state index is -0.0714. The van der Waals surface area contributed by atoms with Crippen molar-refractivity contribution in [3.63, 3.8) is 0 Å². The molecule has 0 aliphatic carbocycles. The van der Waals surface area contributed by atoms with E-state index in [0.717, 1.165) is 28.6 Å². The molecule has 8 heteroatoms. The molecule has 0 saturated carbocycles. The van der Waals surface area contributed by atoms with Gasteiger partial charge in [-0.05, 0) is 48.0 Å². The maximum atomic E-state index is 9.08. The summed E-state index contributed by atoms with van der Waals surface area (Å²) in [5, 5.41) is 13.8. The van der Waals surface area contributed by atoms with Crippen LogP contribution < -0.4 is 20.5 Å². The van der Waals surface area contributed by atoms with Crippen molar-refractivity contribution in [2.75, 3.05) is 24.3 Å². The number of hydrogen-bond acceptors (Lipinski definition) is 7. The van der Waals surface area contributed by atoms with Crippen molar-refractivity contribution in [3.05, 3.63) is 83.0 Å². The number of nitrogen functional groups attached to an aromatic ring is 1. The van der Waals surface area contributed by atoms with E-state index in [0.29, 0.717) is 53.3 Å². The minimum absolute atomic E-state index is 0.0714. The molecule has 5 rings (SSSR count). The molecular formula is C27H23ClN4O3. The highest BCUT2D eigenvalue weighted by molar-refractivity contribution is 6.32. The van der Waals surface area contributed by atoms with E-state index in [4.69, 9.17) is 36.8 Å². The number of nitrogens with one attached hydrogen (secondary N) is 1. The number of nitriles is 1. The SMILES string of the molecule is N#Cc1cccc(COc2ccc(Nc3c(OC4CCOC4)c(N)cc4cccnc34)cc2Cl)c1. The van der Waals surface area contributed by atoms with Crippen LogP contribution in [0.25, 0.3) is 10.9 Å². The van der Waals surface area contributed by atoms with Gasteiger partial charge < -0.3 is 25.3 Å². The second kappa shape index (κ2) is 10.1. The molecule has 1 unspecified atom stereocenters. The van der Waals surface area contributed by atoms with E-state index in [-0.39, 0.29) is 6.10 Å². The fourth-order valence-electron chi connectivity index (χ4n) is 3.98. The largest absolute Gasteiger partial charge is 0.487 e. The summed E-state index contributed by atoms with van der Waals surface area (Å²) in [6, 6.07) is 20.5. The number of pyridine rings is 1. The summed E-state index contributed by atoms with van der Waals surface area (Å²) >= 11 is 6.54. The Kier molecular flexibility index (Phi) is 6.57. The van der Waals surface area contributed by atoms with Gasteiger partial charge in [0.05, 0.1) is 41.1 Å². The highest BCUT2D eigenvalue weighted by atomic mass is 35.5. The number of hydrogen-bond donors (Lipinski definition) is 2. The number of fused-ring (bicyclic) bond motifs is 1. The Hall–Kier alpha value is -3.99. The topological polar surface area (TPSA) is 102 Å². The third-order valence-corrected chi connectivity index (χ3v) is 6.00. The molecule has 1 aliphatic heterocycles. The standard InChI is InChI=1S/C27H23ClN4O3/c28-22-13-20(6-7-24(22)34-15-18-4-1-3-17(11-18)14-29)32-26-25-19(5-2-9-31-25)12-23(30)27(26)35-21-8-10-33-16-21/h1-7,9,11-13,21,32H,8,10,15-16,30H2. The third-order valence-electron chi connectivity index (χ3n) is 5.70. The van der Waals surface area contributed by atoms with Gasteiger partial charge in [-0.1, -0.05) is 29.8 Å². The van der Waals surface area contributed by atoms with Crippen LogP contribution in [0.3, 0.4) is 0 Å². The Morgan fingerprint density at radius 3 is 2.89 bits per heavy atom. The zero-order chi connectivity index (χ0) is 24.2. The zero-order valence-corrected chi connectivity index (χ0v) is 19.6. The molecule has 1 fully saturated rings. The molecule has 1 atom stereocenters. The second-order valence-corrected chi connectivity index (χ2v) is 8.63. The molecule has 1 aromatic heterocycles. The van der Waals surface area contributed by atoms with Crippen molar-refractivity contribution in [3.8, 4) is 17.6 Å². The van der Waals surface area contributed by atoms with Crippen LogP contribution >= 0.6 is 11.6 Å². The first-order valence-electron chi connectivity index (χ1n) is 11.2.